The van der Waals surface area contributed by atoms with Crippen LogP contribution in [0.1, 0.15) is 0 Å². The summed E-state index contributed by atoms with van der Waals surface area (Å²) in [6.07, 6.45) is 0. The molecule has 0 aliphatic carbocycles. The van der Waals surface area contributed by atoms with Crippen LogP contribution in [0.2, 0.25) is 0 Å². The molecule has 0 saturated carbocycles. The van der Waals surface area contributed by atoms with Gasteiger partial charge in [-0.15, -0.1) is 0 Å². The van der Waals surface area contributed by atoms with Gasteiger partial charge in [-0.25, -0.2) is 0 Å². The first-order chi connectivity index (χ1) is 7.90. The van der Waals surface area contributed by atoms with Crippen molar-refractivity contribution >= 4 is 40.8 Å². The van der Waals surface area contributed by atoms with Gasteiger partial charge in [0.05, 0.1) is 11.5 Å². The first kappa shape index (κ1) is 13.0. The van der Waals surface area contributed by atoms with Crippen molar-refractivity contribution in [2.75, 3.05) is 19.6 Å². The van der Waals surface area contributed by atoms with Gasteiger partial charge < -0.3 is 16.0 Å². The molecule has 0 aromatic rings. The maximum Gasteiger partial charge on any atom is 0.312 e. The van der Waals surface area contributed by atoms with Crippen molar-refractivity contribution < 1.29 is 19.2 Å². The van der Waals surface area contributed by atoms with Crippen LogP contribution < -0.4 is 16.4 Å². The summed E-state index contributed by atoms with van der Waals surface area (Å²) in [5.41, 5.74) is 5.14. The average Bonchev–Trinajstić information content (AvgIpc) is 2.23. The molecule has 0 aromatic heterocycles. The molecule has 0 atom stereocenters. The van der Waals surface area contributed by atoms with E-state index >= 15 is 0 Å². The minimum atomic E-state index is -0.968. The molecule has 17 heavy (non-hydrogen) atoms. The SMILES string of the molecule is NC(=S)CNC(=O)C(=O)N1CC(=O)NC(=O)C1. The highest BCUT2D eigenvalue weighted by Crippen LogP contribution is 1.95. The van der Waals surface area contributed by atoms with Crippen LogP contribution in [0.3, 0.4) is 0 Å². The molecule has 1 rings (SSSR count). The summed E-state index contributed by atoms with van der Waals surface area (Å²) in [7, 11) is 0. The Morgan fingerprint density at radius 3 is 2.35 bits per heavy atom. The molecule has 8 nitrogen and oxygen atoms in total. The van der Waals surface area contributed by atoms with Crippen LogP contribution >= 0.6 is 12.2 Å². The molecular formula is C8H10N4O4S. The Hall–Kier alpha value is -2.03. The van der Waals surface area contributed by atoms with Gasteiger partial charge in [0, 0.05) is 0 Å². The van der Waals surface area contributed by atoms with Gasteiger partial charge in [0.2, 0.25) is 11.8 Å². The van der Waals surface area contributed by atoms with E-state index in [2.05, 4.69) is 17.5 Å². The van der Waals surface area contributed by atoms with Crippen LogP contribution in [0.25, 0.3) is 0 Å². The number of piperazine rings is 1. The predicted molar refractivity (Wildman–Crippen MR) is 59.5 cm³/mol. The Labute approximate surface area is 101 Å². The number of carbonyl (C=O) groups is 4. The summed E-state index contributed by atoms with van der Waals surface area (Å²) < 4.78 is 0. The molecule has 0 aromatic carbocycles. The smallest absolute Gasteiger partial charge is 0.312 e. The average molecular weight is 258 g/mol. The third-order valence-electron chi connectivity index (χ3n) is 1.85. The Morgan fingerprint density at radius 2 is 1.88 bits per heavy atom. The molecule has 92 valence electrons. The van der Waals surface area contributed by atoms with Gasteiger partial charge in [0.15, 0.2) is 0 Å². The minimum absolute atomic E-state index is 0.0265. The first-order valence-electron chi connectivity index (χ1n) is 4.58. The molecule has 9 heteroatoms. The third kappa shape index (κ3) is 3.79. The summed E-state index contributed by atoms with van der Waals surface area (Å²) in [4.78, 5) is 45.6. The van der Waals surface area contributed by atoms with E-state index in [4.69, 9.17) is 5.73 Å². The lowest BCUT2D eigenvalue weighted by atomic mass is 10.3. The molecule has 1 aliphatic heterocycles. The van der Waals surface area contributed by atoms with Crippen LogP contribution in [0.5, 0.6) is 0 Å². The summed E-state index contributed by atoms with van der Waals surface area (Å²) in [5, 5.41) is 4.18. The number of nitrogens with zero attached hydrogens (tertiary/aromatic N) is 1. The Morgan fingerprint density at radius 1 is 1.35 bits per heavy atom. The monoisotopic (exact) mass is 258 g/mol. The van der Waals surface area contributed by atoms with Gasteiger partial charge in [0.1, 0.15) is 13.1 Å². The number of hydrogen-bond acceptors (Lipinski definition) is 5. The number of imide groups is 1. The lowest BCUT2D eigenvalue weighted by Gasteiger charge is -2.24. The van der Waals surface area contributed by atoms with Crippen LogP contribution in [-0.2, 0) is 19.2 Å². The summed E-state index contributed by atoms with van der Waals surface area (Å²) >= 11 is 4.51. The van der Waals surface area contributed by atoms with E-state index in [1.807, 2.05) is 5.32 Å². The van der Waals surface area contributed by atoms with Crippen molar-refractivity contribution in [1.82, 2.24) is 15.5 Å². The quantitative estimate of drug-likeness (QED) is 0.273. The molecule has 0 bridgehead atoms. The second-order valence-electron chi connectivity index (χ2n) is 3.28. The van der Waals surface area contributed by atoms with Gasteiger partial charge in [0.25, 0.3) is 0 Å². The fraction of sp³-hybridized carbons (Fsp3) is 0.375. The van der Waals surface area contributed by atoms with Crippen molar-refractivity contribution in [1.29, 1.82) is 0 Å². The lowest BCUT2D eigenvalue weighted by Crippen LogP contribution is -2.56. The molecule has 4 amide bonds. The maximum atomic E-state index is 11.5. The molecule has 0 spiro atoms. The van der Waals surface area contributed by atoms with E-state index in [0.29, 0.717) is 0 Å². The van der Waals surface area contributed by atoms with Gasteiger partial charge in [-0.05, 0) is 0 Å². The van der Waals surface area contributed by atoms with E-state index in [1.165, 1.54) is 0 Å². The number of amides is 4. The lowest BCUT2D eigenvalue weighted by molar-refractivity contribution is -0.151. The largest absolute Gasteiger partial charge is 0.392 e. The predicted octanol–water partition coefficient (Wildman–Crippen LogP) is -3.13. The van der Waals surface area contributed by atoms with Crippen molar-refractivity contribution in [3.05, 3.63) is 0 Å². The van der Waals surface area contributed by atoms with E-state index in [1.54, 1.807) is 0 Å². The van der Waals surface area contributed by atoms with E-state index in [-0.39, 0.29) is 24.6 Å². The van der Waals surface area contributed by atoms with Crippen molar-refractivity contribution in [2.45, 2.75) is 0 Å². The molecular weight excluding hydrogens is 248 g/mol. The van der Waals surface area contributed by atoms with Gasteiger partial charge in [-0.3, -0.25) is 24.5 Å². The summed E-state index contributed by atoms with van der Waals surface area (Å²) in [5.74, 6) is -3.18. The van der Waals surface area contributed by atoms with Crippen molar-refractivity contribution in [2.24, 2.45) is 5.73 Å². The van der Waals surface area contributed by atoms with Crippen molar-refractivity contribution in [3.63, 3.8) is 0 Å². The molecule has 1 saturated heterocycles. The number of hydrogen-bond donors (Lipinski definition) is 3. The Balaban J connectivity index is 2.57. The Kier molecular flexibility index (Phi) is 4.10. The van der Waals surface area contributed by atoms with Gasteiger partial charge >= 0.3 is 11.8 Å². The minimum Gasteiger partial charge on any atom is -0.392 e. The third-order valence-corrected chi connectivity index (χ3v) is 2.00. The summed E-state index contributed by atoms with van der Waals surface area (Å²) in [6, 6.07) is 0. The fourth-order valence-corrected chi connectivity index (χ4v) is 1.24. The van der Waals surface area contributed by atoms with Crippen LogP contribution in [0, 0.1) is 0 Å². The van der Waals surface area contributed by atoms with Crippen molar-refractivity contribution in [3.8, 4) is 0 Å². The standard InChI is InChI=1S/C8H10N4O4S/c9-4(17)1-10-7(15)8(16)12-2-5(13)11-6(14)3-12/h1-3H2,(H2,9,17)(H,10,15)(H,11,13,14). The van der Waals surface area contributed by atoms with Gasteiger partial charge in [-0.1, -0.05) is 12.2 Å². The summed E-state index contributed by atoms with van der Waals surface area (Å²) in [6.45, 7) is -0.774. The maximum absolute atomic E-state index is 11.5. The molecule has 4 N–H and O–H groups in total. The fourth-order valence-electron chi connectivity index (χ4n) is 1.17. The first-order valence-corrected chi connectivity index (χ1v) is 4.99. The topological polar surface area (TPSA) is 122 Å². The number of rotatable bonds is 2. The second kappa shape index (κ2) is 5.34. The number of nitrogens with two attached hydrogens (primary N) is 1. The molecule has 1 fully saturated rings. The number of nitrogens with one attached hydrogen (secondary N) is 2. The molecule has 1 aliphatic rings. The number of carbonyl (C=O) groups excluding carboxylic acids is 4. The zero-order valence-corrected chi connectivity index (χ0v) is 9.50. The second-order valence-corrected chi connectivity index (χ2v) is 3.81. The zero-order chi connectivity index (χ0) is 13.0. The molecule has 0 radical (unpaired) electrons. The van der Waals surface area contributed by atoms with E-state index < -0.39 is 23.6 Å². The van der Waals surface area contributed by atoms with E-state index in [9.17, 15) is 19.2 Å². The number of thiocarbonyl (C=S) groups is 1. The molecule has 0 unspecified atom stereocenters. The highest BCUT2D eigenvalue weighted by molar-refractivity contribution is 7.80. The zero-order valence-electron chi connectivity index (χ0n) is 8.69. The van der Waals surface area contributed by atoms with Crippen LogP contribution in [0.15, 0.2) is 0 Å². The highest BCUT2D eigenvalue weighted by Gasteiger charge is 2.29. The van der Waals surface area contributed by atoms with Crippen LogP contribution in [0.4, 0.5) is 0 Å². The highest BCUT2D eigenvalue weighted by atomic mass is 32.1. The molecule has 1 heterocycles. The van der Waals surface area contributed by atoms with E-state index in [0.717, 1.165) is 4.90 Å². The van der Waals surface area contributed by atoms with Crippen LogP contribution in [-0.4, -0.2) is 53.2 Å². The van der Waals surface area contributed by atoms with Gasteiger partial charge in [-0.2, -0.15) is 0 Å². The normalized spacial score (nSPS) is 15.2. The Bertz CT molecular complexity index is 392.